The summed E-state index contributed by atoms with van der Waals surface area (Å²) in [6, 6.07) is 8.15. The Morgan fingerprint density at radius 1 is 1.26 bits per heavy atom. The van der Waals surface area contributed by atoms with Gasteiger partial charge < -0.3 is 20.3 Å². The van der Waals surface area contributed by atoms with Gasteiger partial charge in [-0.1, -0.05) is 0 Å². The lowest BCUT2D eigenvalue weighted by Crippen LogP contribution is -2.48. The molecule has 0 unspecified atom stereocenters. The summed E-state index contributed by atoms with van der Waals surface area (Å²) in [4.78, 5) is 22.3. The topological polar surface area (TPSA) is 103 Å². The van der Waals surface area contributed by atoms with Gasteiger partial charge in [0.15, 0.2) is 6.61 Å². The number of piperidine rings is 1. The zero-order valence-corrected chi connectivity index (χ0v) is 16.5. The summed E-state index contributed by atoms with van der Waals surface area (Å²) in [5.41, 5.74) is 1.08. The summed E-state index contributed by atoms with van der Waals surface area (Å²) in [5.74, 6) is 0.643. The van der Waals surface area contributed by atoms with E-state index in [1.54, 1.807) is 18.2 Å². The standard InChI is InChI=1S/C20H21F3N6O2/c21-20(22,23)13-31-18-9-14(3-6-25-18)11-27-19(30)28-16-4-7-29(8-5-16)17-2-1-15(10-24)12-26-17/h1-3,6,9,12,16H,4-5,7-8,11,13H2,(H2,27,28,30). The third kappa shape index (κ3) is 7.02. The Morgan fingerprint density at radius 3 is 2.68 bits per heavy atom. The second kappa shape index (κ2) is 9.97. The number of alkyl halides is 3. The SMILES string of the molecule is N#Cc1ccc(N2CCC(NC(=O)NCc3ccnc(OCC(F)(F)F)c3)CC2)nc1. The normalized spacial score (nSPS) is 14.6. The van der Waals surface area contributed by atoms with Gasteiger partial charge in [0.2, 0.25) is 5.88 Å². The van der Waals surface area contributed by atoms with Crippen LogP contribution in [0, 0.1) is 11.3 Å². The molecule has 0 aliphatic carbocycles. The summed E-state index contributed by atoms with van der Waals surface area (Å²) in [6.45, 7) is 0.140. The van der Waals surface area contributed by atoms with E-state index < -0.39 is 12.8 Å². The van der Waals surface area contributed by atoms with E-state index in [0.717, 1.165) is 18.7 Å². The number of hydrogen-bond donors (Lipinski definition) is 2. The first-order valence-electron chi connectivity index (χ1n) is 9.62. The number of carbonyl (C=O) groups excluding carboxylic acids is 1. The highest BCUT2D eigenvalue weighted by Crippen LogP contribution is 2.19. The van der Waals surface area contributed by atoms with Crippen LogP contribution in [0.5, 0.6) is 5.88 Å². The lowest BCUT2D eigenvalue weighted by molar-refractivity contribution is -0.154. The van der Waals surface area contributed by atoms with Crippen LogP contribution in [0.4, 0.5) is 23.8 Å². The Kier molecular flexibility index (Phi) is 7.12. The molecule has 164 valence electrons. The third-order valence-electron chi connectivity index (χ3n) is 4.67. The van der Waals surface area contributed by atoms with Gasteiger partial charge >= 0.3 is 12.2 Å². The van der Waals surface area contributed by atoms with Crippen molar-refractivity contribution in [1.29, 1.82) is 5.26 Å². The molecule has 1 fully saturated rings. The Balaban J connectivity index is 1.41. The van der Waals surface area contributed by atoms with Gasteiger partial charge in [-0.2, -0.15) is 18.4 Å². The van der Waals surface area contributed by atoms with Gasteiger partial charge in [-0.05, 0) is 36.6 Å². The Labute approximate surface area is 177 Å². The second-order valence-electron chi connectivity index (χ2n) is 7.01. The average molecular weight is 434 g/mol. The minimum atomic E-state index is -4.44. The summed E-state index contributed by atoms with van der Waals surface area (Å²) >= 11 is 0. The Morgan fingerprint density at radius 2 is 2.03 bits per heavy atom. The molecule has 3 rings (SSSR count). The first-order valence-corrected chi connectivity index (χ1v) is 9.62. The molecule has 1 aliphatic rings. The predicted molar refractivity (Wildman–Crippen MR) is 105 cm³/mol. The molecule has 0 bridgehead atoms. The van der Waals surface area contributed by atoms with Crippen LogP contribution in [0.25, 0.3) is 0 Å². The number of halogens is 3. The lowest BCUT2D eigenvalue weighted by Gasteiger charge is -2.33. The summed E-state index contributed by atoms with van der Waals surface area (Å²) < 4.78 is 41.3. The third-order valence-corrected chi connectivity index (χ3v) is 4.67. The van der Waals surface area contributed by atoms with Crippen molar-refractivity contribution in [2.75, 3.05) is 24.6 Å². The smallest absolute Gasteiger partial charge is 0.422 e. The molecule has 3 heterocycles. The van der Waals surface area contributed by atoms with Gasteiger partial charge in [-0.3, -0.25) is 0 Å². The van der Waals surface area contributed by atoms with Crippen LogP contribution < -0.4 is 20.3 Å². The number of nitrogens with zero attached hydrogens (tertiary/aromatic N) is 4. The highest BCUT2D eigenvalue weighted by Gasteiger charge is 2.28. The summed E-state index contributed by atoms with van der Waals surface area (Å²) in [6.07, 6.45) is -0.111. The van der Waals surface area contributed by atoms with E-state index in [2.05, 4.69) is 30.2 Å². The first-order chi connectivity index (χ1) is 14.8. The monoisotopic (exact) mass is 434 g/mol. The van der Waals surface area contributed by atoms with E-state index >= 15 is 0 Å². The maximum Gasteiger partial charge on any atom is 0.422 e. The predicted octanol–water partition coefficient (Wildman–Crippen LogP) is 2.76. The fourth-order valence-electron chi connectivity index (χ4n) is 3.11. The Hall–Kier alpha value is -3.55. The van der Waals surface area contributed by atoms with E-state index in [-0.39, 0.29) is 24.5 Å². The molecule has 2 amide bonds. The molecule has 0 atom stereocenters. The number of ether oxygens (including phenoxy) is 1. The molecule has 0 radical (unpaired) electrons. The van der Waals surface area contributed by atoms with Crippen LogP contribution in [-0.2, 0) is 6.54 Å². The summed E-state index contributed by atoms with van der Waals surface area (Å²) in [7, 11) is 0. The molecule has 2 aromatic heterocycles. The molecular formula is C20H21F3N6O2. The number of anilines is 1. The number of amides is 2. The van der Waals surface area contributed by atoms with Crippen LogP contribution in [-0.4, -0.2) is 47.9 Å². The fourth-order valence-corrected chi connectivity index (χ4v) is 3.11. The lowest BCUT2D eigenvalue weighted by atomic mass is 10.1. The van der Waals surface area contributed by atoms with Crippen molar-refractivity contribution in [3.8, 4) is 11.9 Å². The fraction of sp³-hybridized carbons (Fsp3) is 0.400. The zero-order valence-electron chi connectivity index (χ0n) is 16.5. The van der Waals surface area contributed by atoms with E-state index in [1.165, 1.54) is 18.5 Å². The largest absolute Gasteiger partial charge is 0.468 e. The van der Waals surface area contributed by atoms with Gasteiger partial charge in [0.05, 0.1) is 5.56 Å². The number of pyridine rings is 2. The van der Waals surface area contributed by atoms with Crippen LogP contribution in [0.2, 0.25) is 0 Å². The van der Waals surface area contributed by atoms with E-state index in [9.17, 15) is 18.0 Å². The highest BCUT2D eigenvalue weighted by molar-refractivity contribution is 5.74. The molecule has 0 saturated carbocycles. The first kappa shape index (κ1) is 22.1. The van der Waals surface area contributed by atoms with Crippen molar-refractivity contribution < 1.29 is 22.7 Å². The number of nitriles is 1. The van der Waals surface area contributed by atoms with Crippen molar-refractivity contribution in [3.63, 3.8) is 0 Å². The molecule has 0 aromatic carbocycles. The van der Waals surface area contributed by atoms with Crippen molar-refractivity contribution in [3.05, 3.63) is 47.8 Å². The maximum absolute atomic E-state index is 12.2. The van der Waals surface area contributed by atoms with Gasteiger partial charge in [0, 0.05) is 44.1 Å². The number of nitrogens with one attached hydrogen (secondary N) is 2. The molecule has 1 aliphatic heterocycles. The molecule has 31 heavy (non-hydrogen) atoms. The van der Waals surface area contributed by atoms with Gasteiger partial charge in [0.1, 0.15) is 11.9 Å². The quantitative estimate of drug-likeness (QED) is 0.725. The van der Waals surface area contributed by atoms with Gasteiger partial charge in [-0.15, -0.1) is 0 Å². The molecule has 0 spiro atoms. The average Bonchev–Trinajstić information content (AvgIpc) is 2.77. The van der Waals surface area contributed by atoms with E-state index in [1.807, 2.05) is 6.07 Å². The van der Waals surface area contributed by atoms with Crippen LogP contribution in [0.15, 0.2) is 36.7 Å². The highest BCUT2D eigenvalue weighted by atomic mass is 19.4. The maximum atomic E-state index is 12.2. The number of carbonyl (C=O) groups is 1. The second-order valence-corrected chi connectivity index (χ2v) is 7.01. The number of aromatic nitrogens is 2. The van der Waals surface area contributed by atoms with Crippen LogP contribution in [0.3, 0.4) is 0 Å². The van der Waals surface area contributed by atoms with Crippen LogP contribution >= 0.6 is 0 Å². The van der Waals surface area contributed by atoms with Crippen LogP contribution in [0.1, 0.15) is 24.0 Å². The minimum absolute atomic E-state index is 0.00208. The summed E-state index contributed by atoms with van der Waals surface area (Å²) in [5, 5.41) is 14.4. The number of urea groups is 1. The molecule has 2 aromatic rings. The van der Waals surface area contributed by atoms with E-state index in [0.29, 0.717) is 24.2 Å². The van der Waals surface area contributed by atoms with Crippen molar-refractivity contribution >= 4 is 11.8 Å². The van der Waals surface area contributed by atoms with Crippen molar-refractivity contribution in [1.82, 2.24) is 20.6 Å². The zero-order chi connectivity index (χ0) is 22.3. The van der Waals surface area contributed by atoms with Crippen molar-refractivity contribution in [2.45, 2.75) is 31.6 Å². The van der Waals surface area contributed by atoms with Gasteiger partial charge in [0.25, 0.3) is 0 Å². The number of rotatable bonds is 6. The van der Waals surface area contributed by atoms with Crippen molar-refractivity contribution in [2.24, 2.45) is 0 Å². The Bertz CT molecular complexity index is 922. The molecule has 1 saturated heterocycles. The van der Waals surface area contributed by atoms with Gasteiger partial charge in [-0.25, -0.2) is 14.8 Å². The molecule has 2 N–H and O–H groups in total. The van der Waals surface area contributed by atoms with E-state index in [4.69, 9.17) is 5.26 Å². The minimum Gasteiger partial charge on any atom is -0.468 e. The molecule has 11 heteroatoms. The number of hydrogen-bond acceptors (Lipinski definition) is 6. The molecule has 8 nitrogen and oxygen atoms in total. The molecular weight excluding hydrogens is 413 g/mol.